The zero-order chi connectivity index (χ0) is 11.4. The van der Waals surface area contributed by atoms with E-state index in [9.17, 15) is 9.18 Å². The van der Waals surface area contributed by atoms with Gasteiger partial charge >= 0.3 is 5.97 Å². The molecule has 0 bridgehead atoms. The smallest absolute Gasteiger partial charge is 0.303 e. The molecule has 2 nitrogen and oxygen atoms in total. The summed E-state index contributed by atoms with van der Waals surface area (Å²) in [7, 11) is 0. The fraction of sp³-hybridized carbons (Fsp3) is 0.300. The zero-order valence-corrected chi connectivity index (χ0v) is 10.1. The molecule has 0 aromatic heterocycles. The number of carbonyl (C=O) groups is 1. The highest BCUT2D eigenvalue weighted by atomic mass is 79.9. The number of halogens is 3. The summed E-state index contributed by atoms with van der Waals surface area (Å²) < 4.78 is 13.4. The van der Waals surface area contributed by atoms with Gasteiger partial charge in [-0.3, -0.25) is 4.79 Å². The number of benzene rings is 1. The van der Waals surface area contributed by atoms with Crippen LogP contribution in [0.25, 0.3) is 0 Å². The Morgan fingerprint density at radius 2 is 2.20 bits per heavy atom. The van der Waals surface area contributed by atoms with Crippen LogP contribution < -0.4 is 0 Å². The van der Waals surface area contributed by atoms with Gasteiger partial charge in [0.05, 0.1) is 9.50 Å². The van der Waals surface area contributed by atoms with Crippen molar-refractivity contribution in [1.29, 1.82) is 0 Å². The first kappa shape index (κ1) is 12.5. The van der Waals surface area contributed by atoms with E-state index in [1.54, 1.807) is 6.07 Å². The van der Waals surface area contributed by atoms with Crippen molar-refractivity contribution in [3.8, 4) is 0 Å². The summed E-state index contributed by atoms with van der Waals surface area (Å²) in [4.78, 5) is 10.3. The standard InChI is InChI=1S/C10H9BrClFO2/c11-10-7(12)4-6(5-8(10)13)2-1-3-9(14)15/h4-5H,1-3H2,(H,14,15). The second kappa shape index (κ2) is 5.47. The van der Waals surface area contributed by atoms with Gasteiger partial charge in [0.15, 0.2) is 0 Å². The normalized spacial score (nSPS) is 10.3. The van der Waals surface area contributed by atoms with Gasteiger partial charge in [-0.25, -0.2) is 4.39 Å². The van der Waals surface area contributed by atoms with Crippen molar-refractivity contribution in [3.63, 3.8) is 0 Å². The Bertz CT molecular complexity index is 359. The maximum absolute atomic E-state index is 13.2. The third-order valence-electron chi connectivity index (χ3n) is 1.90. The van der Waals surface area contributed by atoms with Crippen LogP contribution in [0.15, 0.2) is 16.6 Å². The van der Waals surface area contributed by atoms with E-state index in [0.29, 0.717) is 23.4 Å². The van der Waals surface area contributed by atoms with Crippen LogP contribution in [0.4, 0.5) is 4.39 Å². The molecule has 0 fully saturated rings. The molecule has 0 saturated carbocycles. The number of aryl methyl sites for hydroxylation is 1. The molecule has 0 aliphatic heterocycles. The molecule has 0 radical (unpaired) electrons. The van der Waals surface area contributed by atoms with E-state index >= 15 is 0 Å². The van der Waals surface area contributed by atoms with Gasteiger partial charge in [-0.15, -0.1) is 0 Å². The van der Waals surface area contributed by atoms with Crippen LogP contribution in [0.3, 0.4) is 0 Å². The first-order valence-electron chi connectivity index (χ1n) is 4.36. The van der Waals surface area contributed by atoms with Gasteiger partial charge < -0.3 is 5.11 Å². The first-order valence-corrected chi connectivity index (χ1v) is 5.53. The van der Waals surface area contributed by atoms with Crippen molar-refractivity contribution >= 4 is 33.5 Å². The topological polar surface area (TPSA) is 37.3 Å². The van der Waals surface area contributed by atoms with Crippen LogP contribution in [0.2, 0.25) is 5.02 Å². The lowest BCUT2D eigenvalue weighted by Gasteiger charge is -2.03. The monoisotopic (exact) mass is 294 g/mol. The minimum absolute atomic E-state index is 0.0787. The summed E-state index contributed by atoms with van der Waals surface area (Å²) in [5, 5.41) is 8.74. The molecule has 1 aromatic carbocycles. The number of carboxylic acids is 1. The summed E-state index contributed by atoms with van der Waals surface area (Å²) in [5.41, 5.74) is 0.710. The van der Waals surface area contributed by atoms with E-state index < -0.39 is 11.8 Å². The largest absolute Gasteiger partial charge is 0.481 e. The third-order valence-corrected chi connectivity index (χ3v) is 3.23. The van der Waals surface area contributed by atoms with Gasteiger partial charge in [-0.05, 0) is 46.5 Å². The van der Waals surface area contributed by atoms with E-state index in [2.05, 4.69) is 15.9 Å². The summed E-state index contributed by atoms with van der Waals surface area (Å²) in [6, 6.07) is 2.99. The molecule has 0 aliphatic rings. The second-order valence-electron chi connectivity index (χ2n) is 3.12. The van der Waals surface area contributed by atoms with E-state index in [1.165, 1.54) is 6.07 Å². The molecule has 1 rings (SSSR count). The molecule has 0 saturated heterocycles. The third kappa shape index (κ3) is 3.80. The quantitative estimate of drug-likeness (QED) is 0.861. The lowest BCUT2D eigenvalue weighted by molar-refractivity contribution is -0.137. The molecule has 0 heterocycles. The number of aliphatic carboxylic acids is 1. The molecule has 0 spiro atoms. The average molecular weight is 296 g/mol. The van der Waals surface area contributed by atoms with Gasteiger partial charge in [0.2, 0.25) is 0 Å². The minimum atomic E-state index is -0.848. The highest BCUT2D eigenvalue weighted by molar-refractivity contribution is 9.10. The van der Waals surface area contributed by atoms with E-state index in [4.69, 9.17) is 16.7 Å². The zero-order valence-electron chi connectivity index (χ0n) is 7.77. The van der Waals surface area contributed by atoms with Gasteiger partial charge in [0.1, 0.15) is 5.82 Å². The summed E-state index contributed by atoms with van der Waals surface area (Å²) >= 11 is 8.76. The number of rotatable bonds is 4. The molecule has 1 aromatic rings. The van der Waals surface area contributed by atoms with Crippen molar-refractivity contribution < 1.29 is 14.3 Å². The molecule has 0 atom stereocenters. The molecule has 0 amide bonds. The molecule has 0 unspecified atom stereocenters. The highest BCUT2D eigenvalue weighted by Crippen LogP contribution is 2.27. The molecule has 1 N–H and O–H groups in total. The van der Waals surface area contributed by atoms with E-state index in [1.807, 2.05) is 0 Å². The molecule has 15 heavy (non-hydrogen) atoms. The number of carboxylic acid groups (broad SMARTS) is 1. The van der Waals surface area contributed by atoms with E-state index in [0.717, 1.165) is 0 Å². The van der Waals surface area contributed by atoms with Crippen molar-refractivity contribution in [3.05, 3.63) is 33.0 Å². The lowest BCUT2D eigenvalue weighted by Crippen LogP contribution is -1.96. The van der Waals surface area contributed by atoms with Crippen LogP contribution >= 0.6 is 27.5 Å². The molecular weight excluding hydrogens is 286 g/mol. The highest BCUT2D eigenvalue weighted by Gasteiger charge is 2.07. The molecular formula is C10H9BrClFO2. The summed E-state index contributed by atoms with van der Waals surface area (Å²) in [5.74, 6) is -1.27. The van der Waals surface area contributed by atoms with Crippen LogP contribution in [-0.4, -0.2) is 11.1 Å². The fourth-order valence-electron chi connectivity index (χ4n) is 1.20. The van der Waals surface area contributed by atoms with Gasteiger partial charge in [-0.2, -0.15) is 0 Å². The first-order chi connectivity index (χ1) is 7.00. The summed E-state index contributed by atoms with van der Waals surface area (Å²) in [6.07, 6.45) is 1.07. The minimum Gasteiger partial charge on any atom is -0.481 e. The van der Waals surface area contributed by atoms with Gasteiger partial charge in [0.25, 0.3) is 0 Å². The number of hydrogen-bond acceptors (Lipinski definition) is 1. The SMILES string of the molecule is O=C(O)CCCc1cc(F)c(Br)c(Cl)c1. The van der Waals surface area contributed by atoms with E-state index in [-0.39, 0.29) is 10.9 Å². The maximum Gasteiger partial charge on any atom is 0.303 e. The second-order valence-corrected chi connectivity index (χ2v) is 4.32. The molecule has 5 heteroatoms. The summed E-state index contributed by atoms with van der Waals surface area (Å²) in [6.45, 7) is 0. The Labute approximate surface area is 100 Å². The lowest BCUT2D eigenvalue weighted by atomic mass is 10.1. The Balaban J connectivity index is 2.66. The van der Waals surface area contributed by atoms with Crippen molar-refractivity contribution in [1.82, 2.24) is 0 Å². The van der Waals surface area contributed by atoms with Crippen molar-refractivity contribution in [2.75, 3.05) is 0 Å². The van der Waals surface area contributed by atoms with Crippen molar-refractivity contribution in [2.45, 2.75) is 19.3 Å². The Kier molecular flexibility index (Phi) is 4.54. The van der Waals surface area contributed by atoms with Crippen LogP contribution in [0, 0.1) is 5.82 Å². The fourth-order valence-corrected chi connectivity index (χ4v) is 1.66. The van der Waals surface area contributed by atoms with Crippen LogP contribution in [0.1, 0.15) is 18.4 Å². The number of hydrogen-bond donors (Lipinski definition) is 1. The van der Waals surface area contributed by atoms with Crippen LogP contribution in [0.5, 0.6) is 0 Å². The average Bonchev–Trinajstić information content (AvgIpc) is 2.13. The predicted molar refractivity (Wildman–Crippen MR) is 59.7 cm³/mol. The Hall–Kier alpha value is -0.610. The maximum atomic E-state index is 13.2. The van der Waals surface area contributed by atoms with Crippen molar-refractivity contribution in [2.24, 2.45) is 0 Å². The Morgan fingerprint density at radius 1 is 1.53 bits per heavy atom. The predicted octanol–water partition coefficient (Wildman–Crippen LogP) is 3.65. The molecule has 82 valence electrons. The Morgan fingerprint density at radius 3 is 2.73 bits per heavy atom. The van der Waals surface area contributed by atoms with Crippen LogP contribution in [-0.2, 0) is 11.2 Å². The van der Waals surface area contributed by atoms with Gasteiger partial charge in [0, 0.05) is 6.42 Å². The molecule has 0 aliphatic carbocycles. The van der Waals surface area contributed by atoms with Gasteiger partial charge in [-0.1, -0.05) is 11.6 Å².